The maximum atomic E-state index is 11.9. The Bertz CT molecular complexity index is 603. The van der Waals surface area contributed by atoms with Crippen LogP contribution in [0.25, 0.3) is 10.1 Å². The van der Waals surface area contributed by atoms with Crippen LogP contribution in [0.3, 0.4) is 0 Å². The largest absolute Gasteiger partial charge is 0.293 e. The van der Waals surface area contributed by atoms with E-state index >= 15 is 0 Å². The monoisotopic (exact) mass is 263 g/mol. The zero-order valence-corrected chi connectivity index (χ0v) is 10.8. The lowest BCUT2D eigenvalue weighted by Crippen LogP contribution is -1.94. The second-order valence-electron chi connectivity index (χ2n) is 4.12. The van der Waals surface area contributed by atoms with Crippen LogP contribution in [0.1, 0.15) is 35.9 Å². The summed E-state index contributed by atoms with van der Waals surface area (Å²) in [5.41, 5.74) is 0.0628. The van der Waals surface area contributed by atoms with Gasteiger partial charge in [0.25, 0.3) is 5.69 Å². The van der Waals surface area contributed by atoms with Crippen molar-refractivity contribution in [3.05, 3.63) is 39.3 Å². The molecule has 1 aromatic heterocycles. The van der Waals surface area contributed by atoms with Crippen molar-refractivity contribution in [3.63, 3.8) is 0 Å². The number of fused-ring (bicyclic) bond motifs is 1. The number of hydrogen-bond acceptors (Lipinski definition) is 4. The topological polar surface area (TPSA) is 60.2 Å². The van der Waals surface area contributed by atoms with Gasteiger partial charge in [-0.05, 0) is 23.9 Å². The van der Waals surface area contributed by atoms with Crippen molar-refractivity contribution in [2.45, 2.75) is 26.2 Å². The van der Waals surface area contributed by atoms with Gasteiger partial charge in [0.1, 0.15) is 0 Å². The number of non-ortho nitro benzene ring substituents is 1. The molecule has 0 aliphatic rings. The average molecular weight is 263 g/mol. The summed E-state index contributed by atoms with van der Waals surface area (Å²) in [6, 6.07) is 6.45. The van der Waals surface area contributed by atoms with Crippen LogP contribution in [0.2, 0.25) is 0 Å². The highest BCUT2D eigenvalue weighted by molar-refractivity contribution is 7.20. The number of nitrogens with zero attached hydrogens (tertiary/aromatic N) is 1. The summed E-state index contributed by atoms with van der Waals surface area (Å²) in [6.07, 6.45) is 2.42. The fourth-order valence-corrected chi connectivity index (χ4v) is 2.75. The molecule has 1 aromatic carbocycles. The van der Waals surface area contributed by atoms with Crippen molar-refractivity contribution >= 4 is 32.9 Å². The number of nitro benzene ring substituents is 1. The van der Waals surface area contributed by atoms with Crippen LogP contribution in [0.15, 0.2) is 24.3 Å². The smallest absolute Gasteiger partial charge is 0.270 e. The SMILES string of the molecule is CCCCC(=O)c1cc2cc([N+](=O)[O-])ccc2s1. The van der Waals surface area contributed by atoms with Crippen LogP contribution < -0.4 is 0 Å². The van der Waals surface area contributed by atoms with E-state index in [4.69, 9.17) is 0 Å². The molecule has 4 nitrogen and oxygen atoms in total. The predicted octanol–water partition coefficient (Wildman–Crippen LogP) is 4.18. The van der Waals surface area contributed by atoms with E-state index < -0.39 is 4.92 Å². The van der Waals surface area contributed by atoms with E-state index in [1.807, 2.05) is 6.92 Å². The number of rotatable bonds is 5. The second-order valence-corrected chi connectivity index (χ2v) is 5.20. The van der Waals surface area contributed by atoms with E-state index in [0.717, 1.165) is 22.9 Å². The number of carbonyl (C=O) groups excluding carboxylic acids is 1. The van der Waals surface area contributed by atoms with Crippen molar-refractivity contribution < 1.29 is 9.72 Å². The minimum Gasteiger partial charge on any atom is -0.293 e. The Kier molecular flexibility index (Phi) is 3.72. The molecule has 18 heavy (non-hydrogen) atoms. The molecule has 0 spiro atoms. The van der Waals surface area contributed by atoms with Gasteiger partial charge in [-0.2, -0.15) is 0 Å². The Morgan fingerprint density at radius 2 is 2.17 bits per heavy atom. The molecule has 0 saturated heterocycles. The molecule has 0 saturated carbocycles. The molecule has 94 valence electrons. The number of hydrogen-bond donors (Lipinski definition) is 0. The second kappa shape index (κ2) is 5.27. The molecular formula is C13H13NO3S. The standard InChI is InChI=1S/C13H13NO3S/c1-2-3-4-11(15)13-8-9-7-10(14(16)17)5-6-12(9)18-13/h5-8H,2-4H2,1H3. The van der Waals surface area contributed by atoms with Crippen molar-refractivity contribution in [2.75, 3.05) is 0 Å². The third-order valence-corrected chi connectivity index (χ3v) is 3.90. The minimum atomic E-state index is -0.421. The lowest BCUT2D eigenvalue weighted by atomic mass is 10.1. The van der Waals surface area contributed by atoms with Crippen LogP contribution in [-0.2, 0) is 0 Å². The lowest BCUT2D eigenvalue weighted by molar-refractivity contribution is -0.384. The van der Waals surface area contributed by atoms with Crippen LogP contribution in [0.4, 0.5) is 5.69 Å². The first-order valence-electron chi connectivity index (χ1n) is 5.83. The molecule has 0 radical (unpaired) electrons. The van der Waals surface area contributed by atoms with Gasteiger partial charge in [0, 0.05) is 23.3 Å². The first-order chi connectivity index (χ1) is 8.61. The fourth-order valence-electron chi connectivity index (χ4n) is 1.74. The van der Waals surface area contributed by atoms with Gasteiger partial charge in [-0.1, -0.05) is 13.3 Å². The van der Waals surface area contributed by atoms with Gasteiger partial charge in [0.2, 0.25) is 0 Å². The molecule has 0 N–H and O–H groups in total. The van der Waals surface area contributed by atoms with Gasteiger partial charge in [-0.25, -0.2) is 0 Å². The first-order valence-corrected chi connectivity index (χ1v) is 6.64. The first kappa shape index (κ1) is 12.7. The van der Waals surface area contributed by atoms with E-state index in [9.17, 15) is 14.9 Å². The number of unbranched alkanes of at least 4 members (excludes halogenated alkanes) is 1. The van der Waals surface area contributed by atoms with E-state index in [0.29, 0.717) is 11.3 Å². The van der Waals surface area contributed by atoms with Crippen molar-refractivity contribution in [1.82, 2.24) is 0 Å². The van der Waals surface area contributed by atoms with Gasteiger partial charge in [0.05, 0.1) is 9.80 Å². The summed E-state index contributed by atoms with van der Waals surface area (Å²) in [5.74, 6) is 0.126. The van der Waals surface area contributed by atoms with Crippen LogP contribution in [-0.4, -0.2) is 10.7 Å². The maximum absolute atomic E-state index is 11.9. The van der Waals surface area contributed by atoms with E-state index in [1.54, 1.807) is 12.1 Å². The molecule has 0 amide bonds. The normalized spacial score (nSPS) is 10.7. The molecule has 0 bridgehead atoms. The number of nitro groups is 1. The molecular weight excluding hydrogens is 250 g/mol. The quantitative estimate of drug-likeness (QED) is 0.462. The molecule has 0 fully saturated rings. The van der Waals surface area contributed by atoms with Gasteiger partial charge in [-0.15, -0.1) is 11.3 Å². The summed E-state index contributed by atoms with van der Waals surface area (Å²) in [7, 11) is 0. The number of ketones is 1. The Morgan fingerprint density at radius 1 is 1.39 bits per heavy atom. The van der Waals surface area contributed by atoms with Gasteiger partial charge in [-0.3, -0.25) is 14.9 Å². The Balaban J connectivity index is 2.32. The third kappa shape index (κ3) is 2.56. The van der Waals surface area contributed by atoms with Crippen LogP contribution >= 0.6 is 11.3 Å². The highest BCUT2D eigenvalue weighted by Gasteiger charge is 2.12. The molecule has 0 atom stereocenters. The highest BCUT2D eigenvalue weighted by Crippen LogP contribution is 2.29. The van der Waals surface area contributed by atoms with Gasteiger partial charge >= 0.3 is 0 Å². The summed E-state index contributed by atoms with van der Waals surface area (Å²) < 4.78 is 0.917. The number of carbonyl (C=O) groups is 1. The molecule has 2 aromatic rings. The summed E-state index contributed by atoms with van der Waals surface area (Å²) in [6.45, 7) is 2.04. The zero-order chi connectivity index (χ0) is 13.1. The zero-order valence-electron chi connectivity index (χ0n) is 10.0. The fraction of sp³-hybridized carbons (Fsp3) is 0.308. The Labute approximate surface area is 108 Å². The predicted molar refractivity (Wildman–Crippen MR) is 72.3 cm³/mol. The Hall–Kier alpha value is -1.75. The van der Waals surface area contributed by atoms with E-state index in [-0.39, 0.29) is 11.5 Å². The lowest BCUT2D eigenvalue weighted by Gasteiger charge is -1.93. The minimum absolute atomic E-state index is 0.0628. The molecule has 5 heteroatoms. The van der Waals surface area contributed by atoms with Crippen molar-refractivity contribution in [2.24, 2.45) is 0 Å². The highest BCUT2D eigenvalue weighted by atomic mass is 32.1. The third-order valence-electron chi connectivity index (χ3n) is 2.74. The van der Waals surface area contributed by atoms with Crippen molar-refractivity contribution in [3.8, 4) is 0 Å². The van der Waals surface area contributed by atoms with E-state index in [1.165, 1.54) is 23.5 Å². The molecule has 2 rings (SSSR count). The van der Waals surface area contributed by atoms with Crippen LogP contribution in [0, 0.1) is 10.1 Å². The maximum Gasteiger partial charge on any atom is 0.270 e. The number of thiophene rings is 1. The molecule has 0 aliphatic heterocycles. The summed E-state index contributed by atoms with van der Waals surface area (Å²) in [5, 5.41) is 11.4. The average Bonchev–Trinajstić information content (AvgIpc) is 2.78. The molecule has 1 heterocycles. The van der Waals surface area contributed by atoms with Crippen LogP contribution in [0.5, 0.6) is 0 Å². The Morgan fingerprint density at radius 3 is 2.83 bits per heavy atom. The number of benzene rings is 1. The van der Waals surface area contributed by atoms with Gasteiger partial charge in [0.15, 0.2) is 5.78 Å². The number of Topliss-reactive ketones (excluding diaryl/α,β-unsaturated/α-hetero) is 1. The van der Waals surface area contributed by atoms with Crippen molar-refractivity contribution in [1.29, 1.82) is 0 Å². The molecule has 0 unspecified atom stereocenters. The molecule has 0 aliphatic carbocycles. The summed E-state index contributed by atoms with van der Waals surface area (Å²) >= 11 is 1.40. The van der Waals surface area contributed by atoms with Gasteiger partial charge < -0.3 is 0 Å². The summed E-state index contributed by atoms with van der Waals surface area (Å²) in [4.78, 5) is 22.8. The van der Waals surface area contributed by atoms with E-state index in [2.05, 4.69) is 0 Å².